The molecule has 1 fully saturated rings. The van der Waals surface area contributed by atoms with Crippen LogP contribution in [0.3, 0.4) is 0 Å². The Bertz CT molecular complexity index is 926. The molecular formula is C28H37NO4. The van der Waals surface area contributed by atoms with Gasteiger partial charge in [0.2, 0.25) is 0 Å². The molecule has 1 aliphatic rings. The molecule has 1 aliphatic carbocycles. The van der Waals surface area contributed by atoms with Crippen LogP contribution in [0.1, 0.15) is 61.8 Å². The minimum Gasteiger partial charge on any atom is -0.490 e. The predicted molar refractivity (Wildman–Crippen MR) is 133 cm³/mol. The zero-order valence-corrected chi connectivity index (χ0v) is 20.6. The van der Waals surface area contributed by atoms with E-state index in [0.29, 0.717) is 13.2 Å². The molecule has 5 nitrogen and oxygen atoms in total. The maximum Gasteiger partial charge on any atom is 0.125 e. The summed E-state index contributed by atoms with van der Waals surface area (Å²) >= 11 is 0. The Morgan fingerprint density at radius 1 is 1.06 bits per heavy atom. The smallest absolute Gasteiger partial charge is 0.125 e. The fourth-order valence-corrected chi connectivity index (χ4v) is 4.19. The van der Waals surface area contributed by atoms with E-state index in [4.69, 9.17) is 19.0 Å². The van der Waals surface area contributed by atoms with E-state index < -0.39 is 0 Å². The summed E-state index contributed by atoms with van der Waals surface area (Å²) in [7, 11) is 1.56. The van der Waals surface area contributed by atoms with E-state index in [1.54, 1.807) is 7.11 Å². The van der Waals surface area contributed by atoms with Gasteiger partial charge in [-0.25, -0.2) is 0 Å². The van der Waals surface area contributed by atoms with Crippen LogP contribution in [-0.2, 0) is 16.2 Å². The van der Waals surface area contributed by atoms with Crippen LogP contribution < -0.4 is 9.47 Å². The fourth-order valence-electron chi connectivity index (χ4n) is 4.19. The van der Waals surface area contributed by atoms with Gasteiger partial charge < -0.3 is 19.0 Å². The van der Waals surface area contributed by atoms with Gasteiger partial charge in [-0.15, -0.1) is 0 Å². The van der Waals surface area contributed by atoms with Crippen molar-refractivity contribution < 1.29 is 19.0 Å². The number of ether oxygens (including phenoxy) is 3. The van der Waals surface area contributed by atoms with Gasteiger partial charge in [-0.1, -0.05) is 41.6 Å². The Morgan fingerprint density at radius 2 is 1.76 bits per heavy atom. The van der Waals surface area contributed by atoms with Crippen molar-refractivity contribution >= 4 is 5.71 Å². The van der Waals surface area contributed by atoms with Crippen LogP contribution >= 0.6 is 0 Å². The summed E-state index contributed by atoms with van der Waals surface area (Å²) in [4.78, 5) is 4.85. The lowest BCUT2D eigenvalue weighted by atomic mass is 9.94. The summed E-state index contributed by atoms with van der Waals surface area (Å²) in [6.07, 6.45) is 8.54. The van der Waals surface area contributed by atoms with Gasteiger partial charge >= 0.3 is 0 Å². The van der Waals surface area contributed by atoms with E-state index in [9.17, 15) is 0 Å². The Kier molecular flexibility index (Phi) is 9.37. The Labute approximate surface area is 198 Å². The fraction of sp³-hybridized carbons (Fsp3) is 0.464. The lowest BCUT2D eigenvalue weighted by Gasteiger charge is -2.30. The molecule has 2 unspecified atom stereocenters. The second-order valence-corrected chi connectivity index (χ2v) is 8.66. The van der Waals surface area contributed by atoms with Gasteiger partial charge in [0, 0.05) is 6.42 Å². The minimum absolute atomic E-state index is 0.172. The standard InChI is InChI=1S/C28H37NO4/c1-6-7-15-31-27-16-20(2)28(21(3)17-27)33-26-10-8-9-25(18-26)32-19-23-11-13-24(14-12-23)22(4)29-30-5/h6-7,11-14,16-17,25-26H,8-10,15,18-19H2,1-5H3/b7-6+,29-22?. The molecule has 0 N–H and O–H groups in total. The lowest BCUT2D eigenvalue weighted by molar-refractivity contribution is -0.0165. The number of aryl methyl sites for hydroxylation is 2. The number of nitrogens with zero attached hydrogens (tertiary/aromatic N) is 1. The summed E-state index contributed by atoms with van der Waals surface area (Å²) in [6.45, 7) is 9.29. The highest BCUT2D eigenvalue weighted by Crippen LogP contribution is 2.33. The molecule has 5 heteroatoms. The second kappa shape index (κ2) is 12.4. The zero-order chi connectivity index (χ0) is 23.6. The molecular weight excluding hydrogens is 414 g/mol. The van der Waals surface area contributed by atoms with Crippen LogP contribution in [0, 0.1) is 13.8 Å². The van der Waals surface area contributed by atoms with E-state index >= 15 is 0 Å². The highest BCUT2D eigenvalue weighted by molar-refractivity contribution is 5.98. The molecule has 178 valence electrons. The molecule has 0 bridgehead atoms. The molecule has 0 radical (unpaired) electrons. The summed E-state index contributed by atoms with van der Waals surface area (Å²) in [5, 5.41) is 3.98. The summed E-state index contributed by atoms with van der Waals surface area (Å²) in [5.41, 5.74) is 5.30. The summed E-state index contributed by atoms with van der Waals surface area (Å²) in [5.74, 6) is 1.86. The Hall–Kier alpha value is -2.79. The molecule has 1 saturated carbocycles. The van der Waals surface area contributed by atoms with Crippen molar-refractivity contribution in [2.75, 3.05) is 13.7 Å². The first kappa shape index (κ1) is 24.8. The average Bonchev–Trinajstić information content (AvgIpc) is 2.81. The third kappa shape index (κ3) is 7.36. The van der Waals surface area contributed by atoms with Gasteiger partial charge in [0.1, 0.15) is 31.3 Å². The van der Waals surface area contributed by atoms with Crippen LogP contribution in [0.2, 0.25) is 0 Å². The molecule has 0 amide bonds. The van der Waals surface area contributed by atoms with Gasteiger partial charge in [-0.05, 0) is 81.3 Å². The third-order valence-corrected chi connectivity index (χ3v) is 5.96. The summed E-state index contributed by atoms with van der Waals surface area (Å²) in [6, 6.07) is 12.4. The van der Waals surface area contributed by atoms with Crippen molar-refractivity contribution in [3.63, 3.8) is 0 Å². The largest absolute Gasteiger partial charge is 0.490 e. The molecule has 0 aliphatic heterocycles. The molecule has 33 heavy (non-hydrogen) atoms. The molecule has 0 saturated heterocycles. The first-order valence-electron chi connectivity index (χ1n) is 11.8. The van der Waals surface area contributed by atoms with Gasteiger partial charge in [0.15, 0.2) is 0 Å². The van der Waals surface area contributed by atoms with Crippen LogP contribution in [0.5, 0.6) is 11.5 Å². The first-order valence-corrected chi connectivity index (χ1v) is 11.8. The molecule has 2 aromatic carbocycles. The Morgan fingerprint density at radius 3 is 2.42 bits per heavy atom. The predicted octanol–water partition coefficient (Wildman–Crippen LogP) is 6.54. The van der Waals surface area contributed by atoms with Crippen molar-refractivity contribution in [1.82, 2.24) is 0 Å². The lowest BCUT2D eigenvalue weighted by Crippen LogP contribution is -2.30. The van der Waals surface area contributed by atoms with Crippen molar-refractivity contribution in [2.45, 2.75) is 72.2 Å². The van der Waals surface area contributed by atoms with Crippen LogP contribution in [0.25, 0.3) is 0 Å². The summed E-state index contributed by atoms with van der Waals surface area (Å²) < 4.78 is 18.5. The number of rotatable bonds is 10. The highest BCUT2D eigenvalue weighted by atomic mass is 16.6. The monoisotopic (exact) mass is 451 g/mol. The average molecular weight is 452 g/mol. The van der Waals surface area contributed by atoms with Gasteiger partial charge in [0.05, 0.1) is 18.4 Å². The third-order valence-electron chi connectivity index (χ3n) is 5.96. The Balaban J connectivity index is 1.54. The molecule has 2 aromatic rings. The maximum absolute atomic E-state index is 6.47. The van der Waals surface area contributed by atoms with E-state index in [2.05, 4.69) is 55.4 Å². The van der Waals surface area contributed by atoms with Crippen molar-refractivity contribution in [2.24, 2.45) is 5.16 Å². The van der Waals surface area contributed by atoms with E-state index in [0.717, 1.165) is 65.1 Å². The number of benzene rings is 2. The van der Waals surface area contributed by atoms with Gasteiger partial charge in [0.25, 0.3) is 0 Å². The topological polar surface area (TPSA) is 49.3 Å². The number of oxime groups is 1. The normalized spacial score (nSPS) is 19.0. The van der Waals surface area contributed by atoms with E-state index in [1.165, 1.54) is 0 Å². The maximum atomic E-state index is 6.47. The second-order valence-electron chi connectivity index (χ2n) is 8.66. The highest BCUT2D eigenvalue weighted by Gasteiger charge is 2.25. The minimum atomic E-state index is 0.172. The molecule has 0 spiro atoms. The number of allylic oxidation sites excluding steroid dienone is 1. The SMILES string of the molecule is C/C=C/COc1cc(C)c(OC2CCCC(OCc3ccc(C(C)=NOC)cc3)C2)c(C)c1. The van der Waals surface area contributed by atoms with Crippen molar-refractivity contribution in [3.05, 3.63) is 70.8 Å². The number of hydrogen-bond donors (Lipinski definition) is 0. The van der Waals surface area contributed by atoms with Crippen LogP contribution in [0.4, 0.5) is 0 Å². The number of hydrogen-bond acceptors (Lipinski definition) is 5. The van der Waals surface area contributed by atoms with Gasteiger partial charge in [-0.2, -0.15) is 0 Å². The first-order chi connectivity index (χ1) is 16.0. The quantitative estimate of drug-likeness (QED) is 0.234. The van der Waals surface area contributed by atoms with E-state index in [1.807, 2.05) is 26.0 Å². The molecule has 0 heterocycles. The van der Waals surface area contributed by atoms with Crippen LogP contribution in [-0.4, -0.2) is 31.6 Å². The van der Waals surface area contributed by atoms with E-state index in [-0.39, 0.29) is 12.2 Å². The molecule has 0 aromatic heterocycles. The zero-order valence-electron chi connectivity index (χ0n) is 20.6. The van der Waals surface area contributed by atoms with Crippen molar-refractivity contribution in [3.8, 4) is 11.5 Å². The van der Waals surface area contributed by atoms with Crippen molar-refractivity contribution in [1.29, 1.82) is 0 Å². The molecule has 2 atom stereocenters. The molecule has 3 rings (SSSR count). The van der Waals surface area contributed by atoms with Crippen LogP contribution in [0.15, 0.2) is 53.7 Å². The van der Waals surface area contributed by atoms with Gasteiger partial charge in [-0.3, -0.25) is 0 Å².